The van der Waals surface area contributed by atoms with Crippen molar-refractivity contribution in [3.63, 3.8) is 0 Å². The van der Waals surface area contributed by atoms with Gasteiger partial charge in [-0.3, -0.25) is 4.68 Å². The third-order valence-electron chi connectivity index (χ3n) is 4.14. The van der Waals surface area contributed by atoms with Crippen LogP contribution >= 0.6 is 11.6 Å². The Morgan fingerprint density at radius 3 is 2.66 bits per heavy atom. The smallest absolute Gasteiger partial charge is 0.414 e. The van der Waals surface area contributed by atoms with E-state index in [9.17, 15) is 4.79 Å². The predicted molar refractivity (Wildman–Crippen MR) is 113 cm³/mol. The first-order valence-corrected chi connectivity index (χ1v) is 9.76. The van der Waals surface area contributed by atoms with E-state index in [0.717, 1.165) is 22.6 Å². The van der Waals surface area contributed by atoms with Crippen LogP contribution < -0.4 is 14.8 Å². The lowest BCUT2D eigenvalue weighted by Gasteiger charge is -2.13. The zero-order valence-corrected chi connectivity index (χ0v) is 17.4. The summed E-state index contributed by atoms with van der Waals surface area (Å²) in [5, 5.41) is 7.66. The Hall–Kier alpha value is -2.99. The van der Waals surface area contributed by atoms with Gasteiger partial charge in [-0.15, -0.1) is 5.10 Å². The molecule has 0 bridgehead atoms. The molecule has 0 fully saturated rings. The summed E-state index contributed by atoms with van der Waals surface area (Å²) in [4.78, 5) is 11.8. The highest BCUT2D eigenvalue weighted by atomic mass is 35.5. The molecule has 152 valence electrons. The number of hydrogen-bond acceptors (Lipinski definition) is 4. The van der Waals surface area contributed by atoms with Gasteiger partial charge in [-0.05, 0) is 44.5 Å². The normalized spacial score (nSPS) is 10.8. The quantitative estimate of drug-likeness (QED) is 0.594. The Balaban J connectivity index is 1.74. The van der Waals surface area contributed by atoms with E-state index in [0.29, 0.717) is 18.2 Å². The summed E-state index contributed by atoms with van der Waals surface area (Å²) in [6.07, 6.45) is -0.528. The first kappa shape index (κ1) is 20.7. The van der Waals surface area contributed by atoms with Crippen LogP contribution in [0.25, 0.3) is 0 Å². The van der Waals surface area contributed by atoms with Crippen molar-refractivity contribution in [2.45, 2.75) is 40.0 Å². The number of aryl methyl sites for hydroxylation is 1. The number of rotatable bonds is 7. The molecule has 0 aliphatic heterocycles. The van der Waals surface area contributed by atoms with Crippen molar-refractivity contribution in [1.29, 1.82) is 0 Å². The van der Waals surface area contributed by atoms with Gasteiger partial charge < -0.3 is 14.8 Å². The van der Waals surface area contributed by atoms with E-state index >= 15 is 0 Å². The second-order valence-corrected chi connectivity index (χ2v) is 7.43. The molecule has 0 aliphatic carbocycles. The van der Waals surface area contributed by atoms with Gasteiger partial charge in [0.1, 0.15) is 12.4 Å². The third-order valence-corrected chi connectivity index (χ3v) is 4.38. The van der Waals surface area contributed by atoms with E-state index < -0.39 is 6.09 Å². The van der Waals surface area contributed by atoms with E-state index in [1.165, 1.54) is 0 Å². The molecule has 0 saturated heterocycles. The molecule has 0 spiro atoms. The number of aromatic nitrogens is 2. The van der Waals surface area contributed by atoms with E-state index in [1.54, 1.807) is 16.8 Å². The van der Waals surface area contributed by atoms with E-state index in [1.807, 2.05) is 63.2 Å². The van der Waals surface area contributed by atoms with Gasteiger partial charge in [-0.25, -0.2) is 4.79 Å². The molecule has 0 unspecified atom stereocenters. The number of ether oxygens (including phenoxy) is 2. The number of nitrogens with zero attached hydrogens (tertiary/aromatic N) is 2. The summed E-state index contributed by atoms with van der Waals surface area (Å²) >= 11 is 6.20. The van der Waals surface area contributed by atoms with Gasteiger partial charge in [0.25, 0.3) is 0 Å². The van der Waals surface area contributed by atoms with Crippen molar-refractivity contribution in [3.8, 4) is 11.6 Å². The van der Waals surface area contributed by atoms with Crippen LogP contribution in [-0.2, 0) is 13.2 Å². The van der Waals surface area contributed by atoms with Gasteiger partial charge in [0.15, 0.2) is 0 Å². The van der Waals surface area contributed by atoms with Gasteiger partial charge in [0.2, 0.25) is 5.88 Å². The van der Waals surface area contributed by atoms with Gasteiger partial charge in [-0.1, -0.05) is 41.9 Å². The Bertz CT molecular complexity index is 971. The second kappa shape index (κ2) is 9.47. The predicted octanol–water partition coefficient (Wildman–Crippen LogP) is 4.97. The number of halogens is 1. The zero-order chi connectivity index (χ0) is 20.8. The highest BCUT2D eigenvalue weighted by Crippen LogP contribution is 2.26. The van der Waals surface area contributed by atoms with Crippen molar-refractivity contribution in [1.82, 2.24) is 15.1 Å². The first-order valence-electron chi connectivity index (χ1n) is 9.38. The third kappa shape index (κ3) is 5.99. The molecule has 3 aromatic rings. The van der Waals surface area contributed by atoms with Gasteiger partial charge >= 0.3 is 6.09 Å². The van der Waals surface area contributed by atoms with Crippen LogP contribution in [0, 0.1) is 6.92 Å². The molecule has 0 atom stereocenters. The molecule has 0 saturated carbocycles. The number of hydrogen-bond donors (Lipinski definition) is 1. The maximum absolute atomic E-state index is 11.8. The Morgan fingerprint density at radius 2 is 1.93 bits per heavy atom. The SMILES string of the molecule is Cc1cc(OC(=O)NC(C)C)nn1Cc1cc(Cl)ccc1OCc1ccccc1. The summed E-state index contributed by atoms with van der Waals surface area (Å²) in [7, 11) is 0. The lowest BCUT2D eigenvalue weighted by molar-refractivity contribution is 0.195. The molecule has 3 rings (SSSR count). The number of carbonyl (C=O) groups is 1. The molecule has 29 heavy (non-hydrogen) atoms. The van der Waals surface area contributed by atoms with Crippen LogP contribution in [0.15, 0.2) is 54.6 Å². The van der Waals surface area contributed by atoms with Crippen LogP contribution in [0.5, 0.6) is 11.6 Å². The molecule has 1 amide bonds. The summed E-state index contributed by atoms with van der Waals surface area (Å²) in [5.41, 5.74) is 2.82. The number of amides is 1. The van der Waals surface area contributed by atoms with Crippen LogP contribution in [0.1, 0.15) is 30.7 Å². The second-order valence-electron chi connectivity index (χ2n) is 7.00. The summed E-state index contributed by atoms with van der Waals surface area (Å²) in [5.74, 6) is 0.975. The molecule has 1 heterocycles. The minimum atomic E-state index is -0.528. The van der Waals surface area contributed by atoms with Crippen molar-refractivity contribution >= 4 is 17.7 Å². The van der Waals surface area contributed by atoms with Gasteiger partial charge in [0, 0.05) is 28.4 Å². The lowest BCUT2D eigenvalue weighted by atomic mass is 10.2. The summed E-state index contributed by atoms with van der Waals surface area (Å²) < 4.78 is 13.0. The first-order chi connectivity index (χ1) is 13.9. The molecule has 6 nitrogen and oxygen atoms in total. The maximum Gasteiger partial charge on any atom is 0.414 e. The van der Waals surface area contributed by atoms with Crippen molar-refractivity contribution in [2.24, 2.45) is 0 Å². The van der Waals surface area contributed by atoms with Gasteiger partial charge in [0.05, 0.1) is 6.54 Å². The number of nitrogens with one attached hydrogen (secondary N) is 1. The zero-order valence-electron chi connectivity index (χ0n) is 16.7. The summed E-state index contributed by atoms with van der Waals surface area (Å²) in [6.45, 7) is 6.51. The minimum absolute atomic E-state index is 0.0125. The summed E-state index contributed by atoms with van der Waals surface area (Å²) in [6, 6.07) is 17.2. The average Bonchev–Trinajstić information content (AvgIpc) is 3.00. The molecule has 1 N–H and O–H groups in total. The standard InChI is InChI=1S/C22H24ClN3O3/c1-15(2)24-22(27)29-21-11-16(3)26(25-21)13-18-12-19(23)9-10-20(18)28-14-17-7-5-4-6-8-17/h4-12,15H,13-14H2,1-3H3,(H,24,27). The fourth-order valence-electron chi connectivity index (χ4n) is 2.76. The number of benzene rings is 2. The maximum atomic E-state index is 11.8. The Kier molecular flexibility index (Phi) is 6.77. The Morgan fingerprint density at radius 1 is 1.17 bits per heavy atom. The van der Waals surface area contributed by atoms with E-state index in [2.05, 4.69) is 10.4 Å². The lowest BCUT2D eigenvalue weighted by Crippen LogP contribution is -2.32. The fourth-order valence-corrected chi connectivity index (χ4v) is 2.95. The van der Waals surface area contributed by atoms with Crippen LogP contribution in [-0.4, -0.2) is 21.9 Å². The van der Waals surface area contributed by atoms with Crippen LogP contribution in [0.2, 0.25) is 5.02 Å². The number of carbonyl (C=O) groups excluding carboxylic acids is 1. The highest BCUT2D eigenvalue weighted by molar-refractivity contribution is 6.30. The molecule has 0 radical (unpaired) electrons. The van der Waals surface area contributed by atoms with Crippen molar-refractivity contribution < 1.29 is 14.3 Å². The van der Waals surface area contributed by atoms with Crippen LogP contribution in [0.3, 0.4) is 0 Å². The van der Waals surface area contributed by atoms with E-state index in [-0.39, 0.29) is 11.9 Å². The fraction of sp³-hybridized carbons (Fsp3) is 0.273. The van der Waals surface area contributed by atoms with Crippen molar-refractivity contribution in [3.05, 3.63) is 76.4 Å². The van der Waals surface area contributed by atoms with Gasteiger partial charge in [-0.2, -0.15) is 0 Å². The molecule has 2 aromatic carbocycles. The van der Waals surface area contributed by atoms with E-state index in [4.69, 9.17) is 21.1 Å². The molecule has 0 aliphatic rings. The highest BCUT2D eigenvalue weighted by Gasteiger charge is 2.13. The van der Waals surface area contributed by atoms with Crippen LogP contribution in [0.4, 0.5) is 4.79 Å². The van der Waals surface area contributed by atoms with Crippen molar-refractivity contribution in [2.75, 3.05) is 0 Å². The molecular weight excluding hydrogens is 390 g/mol. The molecule has 7 heteroatoms. The molecular formula is C22H24ClN3O3. The monoisotopic (exact) mass is 413 g/mol. The minimum Gasteiger partial charge on any atom is -0.489 e. The largest absolute Gasteiger partial charge is 0.489 e. The molecule has 1 aromatic heterocycles. The average molecular weight is 414 g/mol. The topological polar surface area (TPSA) is 65.4 Å². The Labute approximate surface area is 175 Å².